The van der Waals surface area contributed by atoms with Gasteiger partial charge in [-0.2, -0.15) is 0 Å². The van der Waals surface area contributed by atoms with Gasteiger partial charge in [0.1, 0.15) is 0 Å². The molecule has 1 aromatic carbocycles. The van der Waals surface area contributed by atoms with Crippen LogP contribution in [0.5, 0.6) is 0 Å². The average Bonchev–Trinajstić information content (AvgIpc) is 2.25. The van der Waals surface area contributed by atoms with E-state index in [2.05, 4.69) is 63.5 Å². The highest BCUT2D eigenvalue weighted by molar-refractivity contribution is 9.09. The predicted molar refractivity (Wildman–Crippen MR) is 76.8 cm³/mol. The van der Waals surface area contributed by atoms with Crippen LogP contribution in [0, 0.1) is 33.6 Å². The quantitative estimate of drug-likeness (QED) is 0.680. The van der Waals surface area contributed by atoms with E-state index in [4.69, 9.17) is 0 Å². The molecule has 90 valence electrons. The molecule has 0 nitrogen and oxygen atoms in total. The Kier molecular flexibility index (Phi) is 4.61. The summed E-state index contributed by atoms with van der Waals surface area (Å²) in [7, 11) is 0. The maximum atomic E-state index is 3.60. The van der Waals surface area contributed by atoms with Crippen molar-refractivity contribution in [2.45, 2.75) is 47.5 Å². The molecule has 0 aliphatic carbocycles. The number of benzene rings is 1. The van der Waals surface area contributed by atoms with Gasteiger partial charge < -0.3 is 0 Å². The van der Waals surface area contributed by atoms with Gasteiger partial charge in [-0.1, -0.05) is 35.8 Å². The minimum atomic E-state index is 0.623. The zero-order valence-corrected chi connectivity index (χ0v) is 12.9. The molecule has 0 saturated heterocycles. The van der Waals surface area contributed by atoms with Crippen molar-refractivity contribution < 1.29 is 0 Å². The average molecular weight is 283 g/mol. The summed E-state index contributed by atoms with van der Waals surface area (Å²) in [6.45, 7) is 13.6. The monoisotopic (exact) mass is 282 g/mol. The van der Waals surface area contributed by atoms with E-state index in [1.807, 2.05) is 0 Å². The first-order valence-corrected chi connectivity index (χ1v) is 7.15. The van der Waals surface area contributed by atoms with E-state index >= 15 is 0 Å². The summed E-state index contributed by atoms with van der Waals surface area (Å²) < 4.78 is 0. The molecule has 0 N–H and O–H groups in total. The summed E-state index contributed by atoms with van der Waals surface area (Å²) in [6.07, 6.45) is 0. The standard InChI is InChI=1S/C15H23Br/c1-9-7-10(2)13(5)15(12(9)4)14(6)11(3)8-16/h7,11,14H,8H2,1-6H3. The van der Waals surface area contributed by atoms with Gasteiger partial charge in [-0.15, -0.1) is 0 Å². The zero-order chi connectivity index (χ0) is 12.5. The number of rotatable bonds is 3. The van der Waals surface area contributed by atoms with Gasteiger partial charge >= 0.3 is 0 Å². The minimum absolute atomic E-state index is 0.623. The molecule has 0 spiro atoms. The van der Waals surface area contributed by atoms with E-state index in [0.717, 1.165) is 5.33 Å². The van der Waals surface area contributed by atoms with Crippen molar-refractivity contribution in [3.63, 3.8) is 0 Å². The minimum Gasteiger partial charge on any atom is -0.0925 e. The fourth-order valence-corrected chi connectivity index (χ4v) is 2.91. The third-order valence-corrected chi connectivity index (χ3v) is 5.00. The number of hydrogen-bond donors (Lipinski definition) is 0. The van der Waals surface area contributed by atoms with Crippen molar-refractivity contribution in [1.82, 2.24) is 0 Å². The second-order valence-corrected chi connectivity index (χ2v) is 5.74. The van der Waals surface area contributed by atoms with Crippen LogP contribution < -0.4 is 0 Å². The maximum Gasteiger partial charge on any atom is 0.00627 e. The van der Waals surface area contributed by atoms with Crippen LogP contribution in [0.2, 0.25) is 0 Å². The molecule has 16 heavy (non-hydrogen) atoms. The molecule has 0 bridgehead atoms. The Bertz CT molecular complexity index is 353. The smallest absolute Gasteiger partial charge is 0.00627 e. The Morgan fingerprint density at radius 3 is 1.81 bits per heavy atom. The van der Waals surface area contributed by atoms with Crippen LogP contribution in [-0.2, 0) is 0 Å². The van der Waals surface area contributed by atoms with Crippen LogP contribution in [0.3, 0.4) is 0 Å². The van der Waals surface area contributed by atoms with Gasteiger partial charge in [-0.3, -0.25) is 0 Å². The van der Waals surface area contributed by atoms with E-state index in [1.165, 1.54) is 22.3 Å². The van der Waals surface area contributed by atoms with Gasteiger partial charge in [-0.25, -0.2) is 0 Å². The van der Waals surface area contributed by atoms with E-state index in [0.29, 0.717) is 11.8 Å². The van der Waals surface area contributed by atoms with Crippen LogP contribution in [0.25, 0.3) is 0 Å². The summed E-state index contributed by atoms with van der Waals surface area (Å²) >= 11 is 3.60. The third kappa shape index (κ3) is 2.51. The molecule has 0 heterocycles. The molecule has 0 aliphatic rings. The van der Waals surface area contributed by atoms with Gasteiger partial charge in [0, 0.05) is 5.33 Å². The van der Waals surface area contributed by atoms with E-state index in [1.54, 1.807) is 5.56 Å². The molecule has 1 aromatic rings. The molecule has 0 amide bonds. The van der Waals surface area contributed by atoms with Crippen LogP contribution in [-0.4, -0.2) is 5.33 Å². The van der Waals surface area contributed by atoms with E-state index in [-0.39, 0.29) is 0 Å². The summed E-state index contributed by atoms with van der Waals surface area (Å²) in [5.74, 6) is 1.30. The lowest BCUT2D eigenvalue weighted by molar-refractivity contribution is 0.541. The summed E-state index contributed by atoms with van der Waals surface area (Å²) in [6, 6.07) is 2.31. The van der Waals surface area contributed by atoms with Gasteiger partial charge in [-0.05, 0) is 67.3 Å². The molecule has 1 rings (SSSR count). The molecule has 2 atom stereocenters. The lowest BCUT2D eigenvalue weighted by Gasteiger charge is -2.25. The Hall–Kier alpha value is -0.300. The fourth-order valence-electron chi connectivity index (χ4n) is 2.35. The third-order valence-electron chi connectivity index (χ3n) is 3.98. The van der Waals surface area contributed by atoms with Gasteiger partial charge in [0.2, 0.25) is 0 Å². The Labute approximate surface area is 109 Å². The Morgan fingerprint density at radius 1 is 1.00 bits per heavy atom. The molecule has 1 heteroatoms. The lowest BCUT2D eigenvalue weighted by Crippen LogP contribution is -2.12. The summed E-state index contributed by atoms with van der Waals surface area (Å²) in [5, 5.41) is 1.07. The SMILES string of the molecule is Cc1cc(C)c(C)c(C(C)C(C)CBr)c1C. The van der Waals surface area contributed by atoms with Gasteiger partial charge in [0.15, 0.2) is 0 Å². The number of hydrogen-bond acceptors (Lipinski definition) is 0. The van der Waals surface area contributed by atoms with Crippen LogP contribution in [0.15, 0.2) is 6.07 Å². The first kappa shape index (κ1) is 13.8. The highest BCUT2D eigenvalue weighted by atomic mass is 79.9. The topological polar surface area (TPSA) is 0 Å². The van der Waals surface area contributed by atoms with E-state index in [9.17, 15) is 0 Å². The van der Waals surface area contributed by atoms with Gasteiger partial charge in [0.25, 0.3) is 0 Å². The molecular weight excluding hydrogens is 260 g/mol. The molecule has 2 unspecified atom stereocenters. The molecule has 0 radical (unpaired) electrons. The molecule has 0 saturated carbocycles. The molecular formula is C15H23Br. The summed E-state index contributed by atoms with van der Waals surface area (Å²) in [4.78, 5) is 0. The number of alkyl halides is 1. The van der Waals surface area contributed by atoms with E-state index < -0.39 is 0 Å². The Balaban J connectivity index is 3.31. The van der Waals surface area contributed by atoms with Crippen molar-refractivity contribution in [1.29, 1.82) is 0 Å². The number of aryl methyl sites for hydroxylation is 2. The normalized spacial score (nSPS) is 14.9. The second-order valence-electron chi connectivity index (χ2n) is 5.09. The summed E-state index contributed by atoms with van der Waals surface area (Å²) in [5.41, 5.74) is 7.36. The highest BCUT2D eigenvalue weighted by Crippen LogP contribution is 2.33. The molecule has 0 aromatic heterocycles. The first-order chi connectivity index (χ1) is 7.40. The van der Waals surface area contributed by atoms with Crippen molar-refractivity contribution in [3.05, 3.63) is 33.9 Å². The van der Waals surface area contributed by atoms with Crippen molar-refractivity contribution in [3.8, 4) is 0 Å². The fraction of sp³-hybridized carbons (Fsp3) is 0.600. The first-order valence-electron chi connectivity index (χ1n) is 6.03. The second kappa shape index (κ2) is 5.35. The molecule has 0 fully saturated rings. The number of halogens is 1. The van der Waals surface area contributed by atoms with Crippen molar-refractivity contribution >= 4 is 15.9 Å². The zero-order valence-electron chi connectivity index (χ0n) is 11.3. The van der Waals surface area contributed by atoms with Crippen LogP contribution >= 0.6 is 15.9 Å². The highest BCUT2D eigenvalue weighted by Gasteiger charge is 2.19. The van der Waals surface area contributed by atoms with Crippen molar-refractivity contribution in [2.24, 2.45) is 5.92 Å². The predicted octanol–water partition coefficient (Wildman–Crippen LogP) is 5.05. The van der Waals surface area contributed by atoms with Crippen LogP contribution in [0.1, 0.15) is 47.6 Å². The van der Waals surface area contributed by atoms with Crippen molar-refractivity contribution in [2.75, 3.05) is 5.33 Å². The maximum absolute atomic E-state index is 3.60. The molecule has 0 aliphatic heterocycles. The lowest BCUT2D eigenvalue weighted by atomic mass is 9.82. The Morgan fingerprint density at radius 2 is 1.44 bits per heavy atom. The van der Waals surface area contributed by atoms with Gasteiger partial charge in [0.05, 0.1) is 0 Å². The van der Waals surface area contributed by atoms with Crippen LogP contribution in [0.4, 0.5) is 0 Å². The largest absolute Gasteiger partial charge is 0.0925 e.